The van der Waals surface area contributed by atoms with Crippen molar-refractivity contribution in [2.75, 3.05) is 22.9 Å². The summed E-state index contributed by atoms with van der Waals surface area (Å²) < 4.78 is 32.1. The Bertz CT molecular complexity index is 832. The molecule has 7 heteroatoms. The lowest BCUT2D eigenvalue weighted by molar-refractivity contribution is -0.118. The Kier molecular flexibility index (Phi) is 6.03. The third-order valence-electron chi connectivity index (χ3n) is 3.58. The lowest BCUT2D eigenvalue weighted by Crippen LogP contribution is -2.29. The minimum atomic E-state index is -3.63. The van der Waals surface area contributed by atoms with E-state index in [9.17, 15) is 13.2 Å². The van der Waals surface area contributed by atoms with E-state index in [1.165, 1.54) is 7.11 Å². The van der Waals surface area contributed by atoms with Crippen LogP contribution in [0.2, 0.25) is 0 Å². The lowest BCUT2D eigenvalue weighted by atomic mass is 10.2. The molecule has 0 aliphatic carbocycles. The van der Waals surface area contributed by atoms with Crippen molar-refractivity contribution in [2.24, 2.45) is 5.92 Å². The summed E-state index contributed by atoms with van der Waals surface area (Å²) in [5.74, 6) is -0.785. The average Bonchev–Trinajstić information content (AvgIpc) is 2.56. The van der Waals surface area contributed by atoms with Crippen LogP contribution in [0.3, 0.4) is 0 Å². The molecule has 0 bridgehead atoms. The molecule has 0 fully saturated rings. The molecule has 2 aromatic rings. The van der Waals surface area contributed by atoms with Gasteiger partial charge in [-0.3, -0.25) is 9.52 Å². The van der Waals surface area contributed by atoms with Crippen LogP contribution in [0.15, 0.2) is 48.5 Å². The molecule has 1 atom stereocenters. The van der Waals surface area contributed by atoms with Gasteiger partial charge in [-0.1, -0.05) is 30.7 Å². The van der Waals surface area contributed by atoms with E-state index in [4.69, 9.17) is 4.74 Å². The molecular formula is C18H22N2O4S. The van der Waals surface area contributed by atoms with Crippen molar-refractivity contribution >= 4 is 27.3 Å². The number of aryl methyl sites for hydroxylation is 1. The van der Waals surface area contributed by atoms with E-state index in [1.807, 2.05) is 19.1 Å². The van der Waals surface area contributed by atoms with Gasteiger partial charge in [-0.15, -0.1) is 0 Å². The van der Waals surface area contributed by atoms with Gasteiger partial charge in [0.1, 0.15) is 5.75 Å². The van der Waals surface area contributed by atoms with Crippen LogP contribution < -0.4 is 14.8 Å². The molecule has 0 aromatic heterocycles. The summed E-state index contributed by atoms with van der Waals surface area (Å²) in [4.78, 5) is 12.2. The van der Waals surface area contributed by atoms with Gasteiger partial charge in [0.2, 0.25) is 15.9 Å². The van der Waals surface area contributed by atoms with Crippen LogP contribution in [0.4, 0.5) is 11.4 Å². The first kappa shape index (κ1) is 18.8. The number of sulfonamides is 1. The fourth-order valence-corrected chi connectivity index (χ4v) is 3.60. The second-order valence-corrected chi connectivity index (χ2v) is 7.64. The second kappa shape index (κ2) is 8.02. The monoisotopic (exact) mass is 362 g/mol. The number of hydrogen-bond acceptors (Lipinski definition) is 4. The largest absolute Gasteiger partial charge is 0.497 e. The number of amides is 1. The third-order valence-corrected chi connectivity index (χ3v) is 5.06. The SMILES string of the molecule is COc1cccc(NC(=O)C(C)CS(=O)(=O)Nc2ccc(C)cc2)c1. The highest BCUT2D eigenvalue weighted by Crippen LogP contribution is 2.18. The van der Waals surface area contributed by atoms with Gasteiger partial charge in [-0.2, -0.15) is 0 Å². The zero-order chi connectivity index (χ0) is 18.4. The molecule has 0 radical (unpaired) electrons. The van der Waals surface area contributed by atoms with Crippen molar-refractivity contribution < 1.29 is 17.9 Å². The minimum absolute atomic E-state index is 0.309. The predicted molar refractivity (Wildman–Crippen MR) is 99.4 cm³/mol. The van der Waals surface area contributed by atoms with E-state index < -0.39 is 15.9 Å². The molecule has 1 amide bonds. The highest BCUT2D eigenvalue weighted by molar-refractivity contribution is 7.92. The van der Waals surface area contributed by atoms with E-state index in [0.29, 0.717) is 17.1 Å². The van der Waals surface area contributed by atoms with Crippen LogP contribution in [0, 0.1) is 12.8 Å². The first-order valence-corrected chi connectivity index (χ1v) is 9.46. The molecule has 25 heavy (non-hydrogen) atoms. The maximum Gasteiger partial charge on any atom is 0.233 e. The van der Waals surface area contributed by atoms with Crippen molar-refractivity contribution in [3.8, 4) is 5.75 Å². The highest BCUT2D eigenvalue weighted by Gasteiger charge is 2.22. The zero-order valence-electron chi connectivity index (χ0n) is 14.4. The fraction of sp³-hybridized carbons (Fsp3) is 0.278. The van der Waals surface area contributed by atoms with Gasteiger partial charge in [0.15, 0.2) is 0 Å². The summed E-state index contributed by atoms with van der Waals surface area (Å²) in [5, 5.41) is 2.70. The van der Waals surface area contributed by atoms with Gasteiger partial charge in [0.05, 0.1) is 18.8 Å². The number of methoxy groups -OCH3 is 1. The zero-order valence-corrected chi connectivity index (χ0v) is 15.3. The minimum Gasteiger partial charge on any atom is -0.497 e. The number of ether oxygens (including phenoxy) is 1. The van der Waals surface area contributed by atoms with Crippen LogP contribution in [0.25, 0.3) is 0 Å². The average molecular weight is 362 g/mol. The number of nitrogens with one attached hydrogen (secondary N) is 2. The molecule has 134 valence electrons. The molecule has 0 spiro atoms. The van der Waals surface area contributed by atoms with Gasteiger partial charge in [0.25, 0.3) is 0 Å². The van der Waals surface area contributed by atoms with E-state index in [1.54, 1.807) is 43.3 Å². The Morgan fingerprint density at radius 2 is 1.80 bits per heavy atom. The van der Waals surface area contributed by atoms with Gasteiger partial charge in [0, 0.05) is 17.4 Å². The normalized spacial score (nSPS) is 12.3. The van der Waals surface area contributed by atoms with E-state index >= 15 is 0 Å². The van der Waals surface area contributed by atoms with Crippen molar-refractivity contribution in [3.63, 3.8) is 0 Å². The van der Waals surface area contributed by atoms with Crippen LogP contribution >= 0.6 is 0 Å². The summed E-state index contributed by atoms with van der Waals surface area (Å²) in [6, 6.07) is 13.9. The third kappa shape index (κ3) is 5.79. The summed E-state index contributed by atoms with van der Waals surface area (Å²) in [6.45, 7) is 3.49. The number of rotatable bonds is 7. The Hall–Kier alpha value is -2.54. The van der Waals surface area contributed by atoms with Crippen LogP contribution in [-0.2, 0) is 14.8 Å². The first-order valence-electron chi connectivity index (χ1n) is 7.81. The Morgan fingerprint density at radius 3 is 2.44 bits per heavy atom. The molecule has 2 aromatic carbocycles. The Morgan fingerprint density at radius 1 is 1.12 bits per heavy atom. The standard InChI is InChI=1S/C18H22N2O4S/c1-13-7-9-15(10-8-13)20-25(22,23)12-14(2)18(21)19-16-5-4-6-17(11-16)24-3/h4-11,14,20H,12H2,1-3H3,(H,19,21). The molecule has 6 nitrogen and oxygen atoms in total. The maximum absolute atomic E-state index is 12.2. The fourth-order valence-electron chi connectivity index (χ4n) is 2.21. The molecule has 2 rings (SSSR count). The van der Waals surface area contributed by atoms with Crippen molar-refractivity contribution in [3.05, 3.63) is 54.1 Å². The second-order valence-electron chi connectivity index (χ2n) is 5.87. The Labute approximate surface area is 148 Å². The van der Waals surface area contributed by atoms with Gasteiger partial charge >= 0.3 is 0 Å². The predicted octanol–water partition coefficient (Wildman–Crippen LogP) is 3.02. The van der Waals surface area contributed by atoms with Crippen LogP contribution in [-0.4, -0.2) is 27.2 Å². The van der Waals surface area contributed by atoms with Gasteiger partial charge in [-0.25, -0.2) is 8.42 Å². The summed E-state index contributed by atoms with van der Waals surface area (Å²) in [7, 11) is -2.10. The Balaban J connectivity index is 1.98. The molecule has 0 aliphatic heterocycles. The summed E-state index contributed by atoms with van der Waals surface area (Å²) in [5.41, 5.74) is 2.07. The quantitative estimate of drug-likeness (QED) is 0.793. The molecule has 0 heterocycles. The summed E-state index contributed by atoms with van der Waals surface area (Å²) in [6.07, 6.45) is 0. The van der Waals surface area contributed by atoms with E-state index in [-0.39, 0.29) is 11.7 Å². The maximum atomic E-state index is 12.2. The van der Waals surface area contributed by atoms with Crippen molar-refractivity contribution in [1.82, 2.24) is 0 Å². The molecule has 2 N–H and O–H groups in total. The van der Waals surface area contributed by atoms with Gasteiger partial charge in [-0.05, 0) is 31.2 Å². The molecule has 1 unspecified atom stereocenters. The summed E-state index contributed by atoms with van der Waals surface area (Å²) >= 11 is 0. The number of carbonyl (C=O) groups is 1. The molecular weight excluding hydrogens is 340 g/mol. The lowest BCUT2D eigenvalue weighted by Gasteiger charge is -2.14. The van der Waals surface area contributed by atoms with Crippen LogP contribution in [0.5, 0.6) is 5.75 Å². The number of hydrogen-bond donors (Lipinski definition) is 2. The van der Waals surface area contributed by atoms with Crippen LogP contribution in [0.1, 0.15) is 12.5 Å². The van der Waals surface area contributed by atoms with Gasteiger partial charge < -0.3 is 10.1 Å². The number of carbonyl (C=O) groups excluding carboxylic acids is 1. The number of benzene rings is 2. The molecule has 0 aliphatic rings. The van der Waals surface area contributed by atoms with Crippen molar-refractivity contribution in [1.29, 1.82) is 0 Å². The van der Waals surface area contributed by atoms with E-state index in [0.717, 1.165) is 5.56 Å². The highest BCUT2D eigenvalue weighted by atomic mass is 32.2. The first-order chi connectivity index (χ1) is 11.8. The number of anilines is 2. The molecule has 0 saturated heterocycles. The molecule has 0 saturated carbocycles. The van der Waals surface area contributed by atoms with E-state index in [2.05, 4.69) is 10.0 Å². The topological polar surface area (TPSA) is 84.5 Å². The van der Waals surface area contributed by atoms with Crippen molar-refractivity contribution in [2.45, 2.75) is 13.8 Å². The smallest absolute Gasteiger partial charge is 0.233 e.